The molecule has 0 aliphatic carbocycles. The fraction of sp³-hybridized carbons (Fsp3) is 0.500. The number of halogens is 1. The number of hydrogen-bond acceptors (Lipinski definition) is 4. The lowest BCUT2D eigenvalue weighted by atomic mass is 10.1. The molecule has 0 radical (unpaired) electrons. The summed E-state index contributed by atoms with van der Waals surface area (Å²) in [6.07, 6.45) is 0. The zero-order valence-corrected chi connectivity index (χ0v) is 9.21. The SMILES string of the molecule is COC(=O)c1onc(C(C)C)c1Br. The number of rotatable bonds is 2. The van der Waals surface area contributed by atoms with Crippen molar-refractivity contribution in [1.82, 2.24) is 5.16 Å². The van der Waals surface area contributed by atoms with Crippen molar-refractivity contribution in [2.45, 2.75) is 19.8 Å². The van der Waals surface area contributed by atoms with Gasteiger partial charge in [0.1, 0.15) is 5.69 Å². The van der Waals surface area contributed by atoms with Crippen molar-refractivity contribution < 1.29 is 14.1 Å². The van der Waals surface area contributed by atoms with Gasteiger partial charge < -0.3 is 9.26 Å². The van der Waals surface area contributed by atoms with Crippen LogP contribution in [0.1, 0.15) is 36.0 Å². The van der Waals surface area contributed by atoms with Crippen LogP contribution in [-0.4, -0.2) is 18.2 Å². The van der Waals surface area contributed by atoms with Crippen LogP contribution in [0.25, 0.3) is 0 Å². The predicted molar refractivity (Wildman–Crippen MR) is 49.6 cm³/mol. The van der Waals surface area contributed by atoms with Crippen molar-refractivity contribution in [3.8, 4) is 0 Å². The van der Waals surface area contributed by atoms with Gasteiger partial charge in [0.25, 0.3) is 5.76 Å². The third-order valence-corrected chi connectivity index (χ3v) is 2.34. The molecule has 0 spiro atoms. The minimum absolute atomic E-state index is 0.117. The Hall–Kier alpha value is -0.840. The maximum atomic E-state index is 11.1. The topological polar surface area (TPSA) is 52.3 Å². The van der Waals surface area contributed by atoms with Crippen LogP contribution in [0.2, 0.25) is 0 Å². The molecule has 0 N–H and O–H groups in total. The molecule has 72 valence electrons. The molecule has 0 amide bonds. The second-order valence-electron chi connectivity index (χ2n) is 2.86. The highest BCUT2D eigenvalue weighted by molar-refractivity contribution is 9.10. The van der Waals surface area contributed by atoms with Crippen LogP contribution in [0.3, 0.4) is 0 Å². The molecule has 0 fully saturated rings. The van der Waals surface area contributed by atoms with Gasteiger partial charge in [-0.25, -0.2) is 4.79 Å². The highest BCUT2D eigenvalue weighted by Gasteiger charge is 2.22. The van der Waals surface area contributed by atoms with Crippen molar-refractivity contribution in [2.75, 3.05) is 7.11 Å². The zero-order chi connectivity index (χ0) is 10.0. The summed E-state index contributed by atoms with van der Waals surface area (Å²) < 4.78 is 9.92. The van der Waals surface area contributed by atoms with Gasteiger partial charge in [-0.05, 0) is 15.9 Å². The molecular weight excluding hydrogens is 238 g/mol. The normalized spacial score (nSPS) is 10.5. The minimum atomic E-state index is -0.522. The Morgan fingerprint density at radius 3 is 2.62 bits per heavy atom. The molecule has 0 bridgehead atoms. The maximum absolute atomic E-state index is 11.1. The van der Waals surface area contributed by atoms with Gasteiger partial charge >= 0.3 is 5.97 Å². The zero-order valence-electron chi connectivity index (χ0n) is 7.63. The summed E-state index contributed by atoms with van der Waals surface area (Å²) in [6.45, 7) is 3.92. The van der Waals surface area contributed by atoms with Crippen LogP contribution < -0.4 is 0 Å². The molecule has 0 unspecified atom stereocenters. The summed E-state index contributed by atoms with van der Waals surface area (Å²) in [5.74, 6) is -0.200. The first kappa shape index (κ1) is 10.2. The third kappa shape index (κ3) is 1.91. The fourth-order valence-corrected chi connectivity index (χ4v) is 1.63. The maximum Gasteiger partial charge on any atom is 0.378 e. The van der Waals surface area contributed by atoms with E-state index in [1.54, 1.807) is 0 Å². The van der Waals surface area contributed by atoms with Crippen LogP contribution in [0.4, 0.5) is 0 Å². The van der Waals surface area contributed by atoms with Gasteiger partial charge in [-0.2, -0.15) is 0 Å². The highest BCUT2D eigenvalue weighted by atomic mass is 79.9. The molecule has 1 aromatic heterocycles. The van der Waals surface area contributed by atoms with Crippen molar-refractivity contribution in [3.05, 3.63) is 15.9 Å². The molecule has 13 heavy (non-hydrogen) atoms. The van der Waals surface area contributed by atoms with Gasteiger partial charge in [0.2, 0.25) is 0 Å². The smallest absolute Gasteiger partial charge is 0.378 e. The molecule has 1 heterocycles. The van der Waals surface area contributed by atoms with Crippen LogP contribution in [0.5, 0.6) is 0 Å². The van der Waals surface area contributed by atoms with E-state index >= 15 is 0 Å². The van der Waals surface area contributed by atoms with Crippen molar-refractivity contribution in [1.29, 1.82) is 0 Å². The molecule has 0 aliphatic rings. The predicted octanol–water partition coefficient (Wildman–Crippen LogP) is 2.35. The van der Waals surface area contributed by atoms with E-state index in [0.717, 1.165) is 5.69 Å². The molecule has 0 saturated carbocycles. The van der Waals surface area contributed by atoms with Crippen molar-refractivity contribution in [3.63, 3.8) is 0 Å². The molecule has 0 aromatic carbocycles. The lowest BCUT2D eigenvalue weighted by Crippen LogP contribution is -2.00. The monoisotopic (exact) mass is 247 g/mol. The van der Waals surface area contributed by atoms with E-state index in [-0.39, 0.29) is 11.7 Å². The summed E-state index contributed by atoms with van der Waals surface area (Å²) in [7, 11) is 1.30. The van der Waals surface area contributed by atoms with E-state index in [4.69, 9.17) is 4.52 Å². The minimum Gasteiger partial charge on any atom is -0.463 e. The molecular formula is C8H10BrNO3. The van der Waals surface area contributed by atoms with E-state index in [9.17, 15) is 4.79 Å². The average Bonchev–Trinajstić information content (AvgIpc) is 2.46. The summed E-state index contributed by atoms with van der Waals surface area (Å²) in [5, 5.41) is 3.76. The summed E-state index contributed by atoms with van der Waals surface area (Å²) in [5.41, 5.74) is 0.723. The molecule has 1 rings (SSSR count). The van der Waals surface area contributed by atoms with Gasteiger partial charge in [-0.15, -0.1) is 0 Å². The number of esters is 1. The molecule has 5 heteroatoms. The Kier molecular flexibility index (Phi) is 3.08. The highest BCUT2D eigenvalue weighted by Crippen LogP contribution is 2.27. The van der Waals surface area contributed by atoms with E-state index < -0.39 is 5.97 Å². The standard InChI is InChI=1S/C8H10BrNO3/c1-4(2)6-5(9)7(13-10-6)8(11)12-3/h4H,1-3H3. The molecule has 0 atom stereocenters. The first-order chi connectivity index (χ1) is 6.07. The first-order valence-corrected chi connectivity index (χ1v) is 4.60. The Morgan fingerprint density at radius 1 is 1.62 bits per heavy atom. The van der Waals surface area contributed by atoms with Crippen molar-refractivity contribution in [2.24, 2.45) is 0 Å². The summed E-state index contributed by atoms with van der Waals surface area (Å²) >= 11 is 3.24. The number of aromatic nitrogens is 1. The van der Waals surface area contributed by atoms with E-state index in [2.05, 4.69) is 25.8 Å². The Labute approximate surface area is 84.4 Å². The van der Waals surface area contributed by atoms with E-state index in [0.29, 0.717) is 4.47 Å². The second kappa shape index (κ2) is 3.91. The van der Waals surface area contributed by atoms with Crippen LogP contribution in [0, 0.1) is 0 Å². The van der Waals surface area contributed by atoms with Gasteiger partial charge in [-0.1, -0.05) is 19.0 Å². The molecule has 4 nitrogen and oxygen atoms in total. The van der Waals surface area contributed by atoms with Crippen LogP contribution in [-0.2, 0) is 4.74 Å². The lowest BCUT2D eigenvalue weighted by molar-refractivity contribution is 0.0553. The third-order valence-electron chi connectivity index (χ3n) is 1.58. The number of methoxy groups -OCH3 is 1. The molecule has 0 aliphatic heterocycles. The van der Waals surface area contributed by atoms with Gasteiger partial charge in [-0.3, -0.25) is 0 Å². The van der Waals surface area contributed by atoms with Gasteiger partial charge in [0.05, 0.1) is 11.6 Å². The first-order valence-electron chi connectivity index (χ1n) is 3.81. The Balaban J connectivity index is 3.06. The number of carbonyl (C=O) groups is 1. The molecule has 0 saturated heterocycles. The van der Waals surface area contributed by atoms with Gasteiger partial charge in [0.15, 0.2) is 0 Å². The van der Waals surface area contributed by atoms with Crippen LogP contribution in [0.15, 0.2) is 9.00 Å². The Morgan fingerprint density at radius 2 is 2.23 bits per heavy atom. The van der Waals surface area contributed by atoms with E-state index in [1.165, 1.54) is 7.11 Å². The largest absolute Gasteiger partial charge is 0.463 e. The van der Waals surface area contributed by atoms with Crippen molar-refractivity contribution >= 4 is 21.9 Å². The summed E-state index contributed by atoms with van der Waals surface area (Å²) in [4.78, 5) is 11.1. The quantitative estimate of drug-likeness (QED) is 0.754. The van der Waals surface area contributed by atoms with Crippen LogP contribution >= 0.6 is 15.9 Å². The number of nitrogens with zero attached hydrogens (tertiary/aromatic N) is 1. The number of carbonyl (C=O) groups excluding carboxylic acids is 1. The second-order valence-corrected chi connectivity index (χ2v) is 3.65. The molecule has 1 aromatic rings. The fourth-order valence-electron chi connectivity index (χ4n) is 0.870. The Bertz CT molecular complexity index is 319. The van der Waals surface area contributed by atoms with Gasteiger partial charge in [0, 0.05) is 5.92 Å². The average molecular weight is 248 g/mol. The number of ether oxygens (including phenoxy) is 1. The number of hydrogen-bond donors (Lipinski definition) is 0. The summed E-state index contributed by atoms with van der Waals surface area (Å²) in [6, 6.07) is 0. The lowest BCUT2D eigenvalue weighted by Gasteiger charge is -1.97. The van der Waals surface area contributed by atoms with E-state index in [1.807, 2.05) is 13.8 Å².